The predicted octanol–water partition coefficient (Wildman–Crippen LogP) is 3.21. The molecule has 0 saturated heterocycles. The molecule has 3 amide bonds. The molecular weight excluding hydrogens is 410 g/mol. The number of nitrogens with one attached hydrogen (secondary N) is 4. The van der Waals surface area contributed by atoms with Crippen LogP contribution in [0, 0.1) is 5.92 Å². The number of nitrogens with zero attached hydrogens (tertiary/aromatic N) is 1. The highest BCUT2D eigenvalue weighted by Crippen LogP contribution is 2.28. The standard InChI is InChI=1S/C23H27N5O4/c1-13(29)25-23-26-16-9-8-15(12-17(16)27-23)18-10-11-19(32-18)21(30)28-20(22(31)24-2)14-6-4-3-5-7-14/h8-12,14,20H,3-7H2,1-2H3,(H,24,31)(H,28,30)(H2,25,26,27,29)/t20-/m0/s1. The molecule has 0 aliphatic heterocycles. The Hall–Kier alpha value is -3.62. The quantitative estimate of drug-likeness (QED) is 0.471. The van der Waals surface area contributed by atoms with Crippen LogP contribution in [0.3, 0.4) is 0 Å². The summed E-state index contributed by atoms with van der Waals surface area (Å²) in [5.41, 5.74) is 2.18. The van der Waals surface area contributed by atoms with Crippen molar-refractivity contribution in [2.45, 2.75) is 45.1 Å². The molecule has 4 N–H and O–H groups in total. The Morgan fingerprint density at radius 2 is 1.91 bits per heavy atom. The van der Waals surface area contributed by atoms with Crippen LogP contribution in [0.25, 0.3) is 22.4 Å². The van der Waals surface area contributed by atoms with Gasteiger partial charge in [-0.2, -0.15) is 0 Å². The highest BCUT2D eigenvalue weighted by atomic mass is 16.4. The molecule has 32 heavy (non-hydrogen) atoms. The van der Waals surface area contributed by atoms with Gasteiger partial charge in [-0.3, -0.25) is 19.7 Å². The van der Waals surface area contributed by atoms with Crippen molar-refractivity contribution in [1.29, 1.82) is 0 Å². The second kappa shape index (κ2) is 9.25. The summed E-state index contributed by atoms with van der Waals surface area (Å²) in [6, 6.07) is 8.22. The van der Waals surface area contributed by atoms with E-state index in [0.717, 1.165) is 36.8 Å². The highest BCUT2D eigenvalue weighted by Gasteiger charge is 2.31. The molecule has 1 aliphatic rings. The lowest BCUT2D eigenvalue weighted by Crippen LogP contribution is -2.50. The topological polar surface area (TPSA) is 129 Å². The van der Waals surface area contributed by atoms with E-state index in [1.165, 1.54) is 13.3 Å². The molecule has 168 valence electrons. The van der Waals surface area contributed by atoms with Crippen LogP contribution >= 0.6 is 0 Å². The van der Waals surface area contributed by atoms with Gasteiger partial charge in [0, 0.05) is 19.5 Å². The van der Waals surface area contributed by atoms with E-state index in [1.54, 1.807) is 25.2 Å². The fraction of sp³-hybridized carbons (Fsp3) is 0.391. The van der Waals surface area contributed by atoms with Crippen molar-refractivity contribution in [3.63, 3.8) is 0 Å². The Bertz CT molecular complexity index is 1140. The van der Waals surface area contributed by atoms with Gasteiger partial charge in [0.1, 0.15) is 11.8 Å². The van der Waals surface area contributed by atoms with Gasteiger partial charge < -0.3 is 20.0 Å². The van der Waals surface area contributed by atoms with E-state index in [1.807, 2.05) is 12.1 Å². The zero-order chi connectivity index (χ0) is 22.7. The number of imidazole rings is 1. The number of carbonyl (C=O) groups is 3. The minimum atomic E-state index is -0.574. The third kappa shape index (κ3) is 4.66. The van der Waals surface area contributed by atoms with Crippen LogP contribution in [-0.2, 0) is 9.59 Å². The Balaban J connectivity index is 1.51. The van der Waals surface area contributed by atoms with E-state index >= 15 is 0 Å². The highest BCUT2D eigenvalue weighted by molar-refractivity contribution is 5.96. The van der Waals surface area contributed by atoms with E-state index in [0.29, 0.717) is 17.2 Å². The Kier molecular flexibility index (Phi) is 6.25. The molecule has 0 unspecified atom stereocenters. The molecule has 4 rings (SSSR count). The molecule has 0 radical (unpaired) electrons. The Labute approximate surface area is 185 Å². The minimum Gasteiger partial charge on any atom is -0.451 e. The summed E-state index contributed by atoms with van der Waals surface area (Å²) in [7, 11) is 1.58. The van der Waals surface area contributed by atoms with Crippen LogP contribution in [0.5, 0.6) is 0 Å². The smallest absolute Gasteiger partial charge is 0.287 e. The lowest BCUT2D eigenvalue weighted by Gasteiger charge is -2.29. The molecule has 0 spiro atoms. The first-order valence-electron chi connectivity index (χ1n) is 10.8. The lowest BCUT2D eigenvalue weighted by molar-refractivity contribution is -0.124. The maximum atomic E-state index is 12.8. The average Bonchev–Trinajstić information content (AvgIpc) is 3.43. The van der Waals surface area contributed by atoms with Crippen molar-refractivity contribution in [2.75, 3.05) is 12.4 Å². The van der Waals surface area contributed by atoms with Crippen molar-refractivity contribution in [2.24, 2.45) is 5.92 Å². The van der Waals surface area contributed by atoms with Crippen LogP contribution in [0.1, 0.15) is 49.6 Å². The average molecular weight is 438 g/mol. The van der Waals surface area contributed by atoms with Gasteiger partial charge in [-0.05, 0) is 49.1 Å². The van der Waals surface area contributed by atoms with Crippen LogP contribution in [0.15, 0.2) is 34.7 Å². The van der Waals surface area contributed by atoms with Gasteiger partial charge in [0.05, 0.1) is 11.0 Å². The SMILES string of the molecule is CNC(=O)[C@@H](NC(=O)c1ccc(-c2ccc3nc(NC(C)=O)[nH]c3c2)o1)C1CCCCC1. The van der Waals surface area contributed by atoms with Crippen LogP contribution in [0.2, 0.25) is 0 Å². The summed E-state index contributed by atoms with van der Waals surface area (Å²) in [4.78, 5) is 43.8. The number of benzene rings is 1. The summed E-state index contributed by atoms with van der Waals surface area (Å²) < 4.78 is 5.81. The minimum absolute atomic E-state index is 0.127. The number of hydrogen-bond donors (Lipinski definition) is 4. The third-order valence-electron chi connectivity index (χ3n) is 5.83. The molecule has 9 heteroatoms. The van der Waals surface area contributed by atoms with Crippen molar-refractivity contribution in [3.05, 3.63) is 36.1 Å². The van der Waals surface area contributed by atoms with Crippen LogP contribution < -0.4 is 16.0 Å². The van der Waals surface area contributed by atoms with E-state index in [9.17, 15) is 14.4 Å². The van der Waals surface area contributed by atoms with Crippen molar-refractivity contribution < 1.29 is 18.8 Å². The molecule has 2 aromatic heterocycles. The summed E-state index contributed by atoms with van der Waals surface area (Å²) in [5.74, 6) is 0.349. The first kappa shape index (κ1) is 21.6. The molecule has 1 atom stereocenters. The lowest BCUT2D eigenvalue weighted by atomic mass is 9.83. The first-order valence-corrected chi connectivity index (χ1v) is 10.8. The second-order valence-corrected chi connectivity index (χ2v) is 8.13. The largest absolute Gasteiger partial charge is 0.451 e. The number of fused-ring (bicyclic) bond motifs is 1. The summed E-state index contributed by atoms with van der Waals surface area (Å²) in [5, 5.41) is 8.15. The number of anilines is 1. The summed E-state index contributed by atoms with van der Waals surface area (Å²) >= 11 is 0. The predicted molar refractivity (Wildman–Crippen MR) is 120 cm³/mol. The zero-order valence-corrected chi connectivity index (χ0v) is 18.2. The number of H-pyrrole nitrogens is 1. The van der Waals surface area contributed by atoms with Gasteiger partial charge in [0.25, 0.3) is 5.91 Å². The first-order chi connectivity index (χ1) is 15.4. The Morgan fingerprint density at radius 3 is 2.62 bits per heavy atom. The number of aromatic nitrogens is 2. The number of likely N-dealkylation sites (N-methyl/N-ethyl adjacent to an activating group) is 1. The molecule has 1 aromatic carbocycles. The van der Waals surface area contributed by atoms with Crippen molar-refractivity contribution in [1.82, 2.24) is 20.6 Å². The van der Waals surface area contributed by atoms with Gasteiger partial charge >= 0.3 is 0 Å². The molecule has 1 aliphatic carbocycles. The van der Waals surface area contributed by atoms with Crippen LogP contribution in [-0.4, -0.2) is 40.8 Å². The van der Waals surface area contributed by atoms with Crippen LogP contribution in [0.4, 0.5) is 5.95 Å². The van der Waals surface area contributed by atoms with E-state index in [-0.39, 0.29) is 23.5 Å². The molecular formula is C23H27N5O4. The summed E-state index contributed by atoms with van der Waals surface area (Å²) in [6.07, 6.45) is 5.15. The maximum absolute atomic E-state index is 12.8. The number of rotatable bonds is 6. The van der Waals surface area contributed by atoms with E-state index < -0.39 is 11.9 Å². The van der Waals surface area contributed by atoms with Gasteiger partial charge in [-0.1, -0.05) is 19.3 Å². The molecule has 2 heterocycles. The molecule has 9 nitrogen and oxygen atoms in total. The van der Waals surface area contributed by atoms with Crippen molar-refractivity contribution >= 4 is 34.7 Å². The monoisotopic (exact) mass is 437 g/mol. The van der Waals surface area contributed by atoms with Gasteiger partial charge in [0.2, 0.25) is 17.8 Å². The van der Waals surface area contributed by atoms with E-state index in [2.05, 4.69) is 25.9 Å². The number of amides is 3. The Morgan fingerprint density at radius 1 is 1.12 bits per heavy atom. The van der Waals surface area contributed by atoms with E-state index in [4.69, 9.17) is 4.42 Å². The maximum Gasteiger partial charge on any atom is 0.287 e. The number of carbonyl (C=O) groups excluding carboxylic acids is 3. The normalized spacial score (nSPS) is 15.3. The molecule has 0 bridgehead atoms. The van der Waals surface area contributed by atoms with Crippen molar-refractivity contribution in [3.8, 4) is 11.3 Å². The molecule has 1 fully saturated rings. The van der Waals surface area contributed by atoms with Gasteiger partial charge in [0.15, 0.2) is 5.76 Å². The number of aromatic amines is 1. The third-order valence-corrected chi connectivity index (χ3v) is 5.83. The fourth-order valence-corrected chi connectivity index (χ4v) is 4.24. The fourth-order valence-electron chi connectivity index (χ4n) is 4.24. The molecule has 1 saturated carbocycles. The number of hydrogen-bond acceptors (Lipinski definition) is 5. The summed E-state index contributed by atoms with van der Waals surface area (Å²) in [6.45, 7) is 1.41. The molecule has 3 aromatic rings. The zero-order valence-electron chi connectivity index (χ0n) is 18.2. The number of furan rings is 1. The van der Waals surface area contributed by atoms with Gasteiger partial charge in [-0.25, -0.2) is 4.98 Å². The van der Waals surface area contributed by atoms with Gasteiger partial charge in [-0.15, -0.1) is 0 Å². The second-order valence-electron chi connectivity index (χ2n) is 8.13.